The molecule has 5 N–H and O–H groups in total. The lowest BCUT2D eigenvalue weighted by Gasteiger charge is -2.32. The standard InChI is InChI=1S/C26H40N6O8/c1-2-4-22(33)27-16-20-5-3-6-21(15-20)17-28-23(34)18-29-7-8-30(19-24(35)36)10-12-32(26(39)40)14-13-31(11-9-29)25(37)38/h3,5-6,15H,2,4,7-14,16-19H2,1H3,(H,27,33)(H,28,34)(H,35,36)(H,37,38)(H,39,40). The molecule has 0 radical (unpaired) electrons. The van der Waals surface area contributed by atoms with Gasteiger partial charge >= 0.3 is 18.2 Å². The Bertz CT molecular complexity index is 1020. The van der Waals surface area contributed by atoms with Crippen LogP contribution in [0.15, 0.2) is 24.3 Å². The van der Waals surface area contributed by atoms with E-state index in [1.807, 2.05) is 31.2 Å². The Labute approximate surface area is 233 Å². The van der Waals surface area contributed by atoms with Crippen LogP contribution in [0.2, 0.25) is 0 Å². The molecule has 0 atom stereocenters. The van der Waals surface area contributed by atoms with Crippen LogP contribution < -0.4 is 10.6 Å². The van der Waals surface area contributed by atoms with E-state index in [1.165, 1.54) is 0 Å². The summed E-state index contributed by atoms with van der Waals surface area (Å²) in [5.74, 6) is -1.35. The Morgan fingerprint density at radius 2 is 1.15 bits per heavy atom. The van der Waals surface area contributed by atoms with E-state index in [-0.39, 0.29) is 83.8 Å². The zero-order valence-corrected chi connectivity index (χ0v) is 22.9. The zero-order valence-electron chi connectivity index (χ0n) is 22.9. The molecule has 2 rings (SSSR count). The Morgan fingerprint density at radius 1 is 0.700 bits per heavy atom. The minimum Gasteiger partial charge on any atom is -0.480 e. The van der Waals surface area contributed by atoms with Gasteiger partial charge in [0.2, 0.25) is 11.8 Å². The van der Waals surface area contributed by atoms with Gasteiger partial charge in [0.25, 0.3) is 0 Å². The number of rotatable bonds is 10. The van der Waals surface area contributed by atoms with Gasteiger partial charge in [-0.05, 0) is 17.5 Å². The number of aliphatic carboxylic acids is 1. The summed E-state index contributed by atoms with van der Waals surface area (Å²) in [6.45, 7) is 3.17. The van der Waals surface area contributed by atoms with Crippen molar-refractivity contribution < 1.29 is 39.3 Å². The van der Waals surface area contributed by atoms with Crippen molar-refractivity contribution in [1.29, 1.82) is 0 Å². The van der Waals surface area contributed by atoms with Crippen molar-refractivity contribution in [3.8, 4) is 0 Å². The number of carboxylic acid groups (broad SMARTS) is 3. The molecule has 14 heteroatoms. The average Bonchev–Trinajstić information content (AvgIpc) is 2.89. The number of carboxylic acids is 1. The van der Waals surface area contributed by atoms with E-state index in [9.17, 15) is 39.3 Å². The van der Waals surface area contributed by atoms with E-state index in [0.29, 0.717) is 13.0 Å². The normalized spacial score (nSPS) is 15.9. The van der Waals surface area contributed by atoms with Crippen molar-refractivity contribution in [3.63, 3.8) is 0 Å². The summed E-state index contributed by atoms with van der Waals surface area (Å²) in [5.41, 5.74) is 1.77. The van der Waals surface area contributed by atoms with Crippen LogP contribution in [0, 0.1) is 0 Å². The summed E-state index contributed by atoms with van der Waals surface area (Å²) < 4.78 is 0. The zero-order chi connectivity index (χ0) is 29.5. The molecule has 0 bridgehead atoms. The van der Waals surface area contributed by atoms with Crippen molar-refractivity contribution in [3.05, 3.63) is 35.4 Å². The number of hydrogen-bond donors (Lipinski definition) is 5. The summed E-state index contributed by atoms with van der Waals surface area (Å²) in [7, 11) is 0. The molecule has 1 aliphatic rings. The lowest BCUT2D eigenvalue weighted by Crippen LogP contribution is -2.50. The SMILES string of the molecule is CCCC(=O)NCc1cccc(CNC(=O)CN2CCN(CC(=O)O)CCN(C(=O)O)CCN(C(=O)O)CC2)c1. The summed E-state index contributed by atoms with van der Waals surface area (Å²) >= 11 is 0. The van der Waals surface area contributed by atoms with Gasteiger partial charge in [0.1, 0.15) is 0 Å². The molecule has 222 valence electrons. The fourth-order valence-electron chi connectivity index (χ4n) is 4.21. The lowest BCUT2D eigenvalue weighted by atomic mass is 10.1. The highest BCUT2D eigenvalue weighted by Crippen LogP contribution is 2.06. The number of benzene rings is 1. The van der Waals surface area contributed by atoms with Crippen molar-refractivity contribution in [2.24, 2.45) is 0 Å². The maximum Gasteiger partial charge on any atom is 0.407 e. The maximum absolute atomic E-state index is 12.8. The molecular weight excluding hydrogens is 524 g/mol. The number of nitrogens with one attached hydrogen (secondary N) is 2. The van der Waals surface area contributed by atoms with Crippen LogP contribution in [0.5, 0.6) is 0 Å². The molecule has 1 aromatic rings. The van der Waals surface area contributed by atoms with Gasteiger partial charge in [-0.1, -0.05) is 31.2 Å². The first-order chi connectivity index (χ1) is 19.1. The molecule has 0 spiro atoms. The molecule has 1 fully saturated rings. The van der Waals surface area contributed by atoms with E-state index < -0.39 is 18.2 Å². The van der Waals surface area contributed by atoms with E-state index in [2.05, 4.69) is 10.6 Å². The van der Waals surface area contributed by atoms with Crippen LogP contribution in [0.25, 0.3) is 0 Å². The second-order valence-corrected chi connectivity index (χ2v) is 9.61. The van der Waals surface area contributed by atoms with Crippen molar-refractivity contribution >= 4 is 30.0 Å². The molecule has 0 unspecified atom stereocenters. The van der Waals surface area contributed by atoms with Crippen molar-refractivity contribution in [2.75, 3.05) is 65.4 Å². The Morgan fingerprint density at radius 3 is 1.62 bits per heavy atom. The number of carbonyl (C=O) groups excluding carboxylic acids is 2. The summed E-state index contributed by atoms with van der Waals surface area (Å²) in [6.07, 6.45) is -1.16. The maximum atomic E-state index is 12.8. The highest BCUT2D eigenvalue weighted by molar-refractivity contribution is 5.78. The second-order valence-electron chi connectivity index (χ2n) is 9.61. The van der Waals surface area contributed by atoms with Crippen LogP contribution >= 0.6 is 0 Å². The fraction of sp³-hybridized carbons (Fsp3) is 0.577. The molecule has 1 heterocycles. The van der Waals surface area contributed by atoms with Gasteiger partial charge in [-0.3, -0.25) is 24.2 Å². The van der Waals surface area contributed by atoms with Crippen LogP contribution in [-0.2, 0) is 27.5 Å². The average molecular weight is 565 g/mol. The van der Waals surface area contributed by atoms with E-state index >= 15 is 0 Å². The van der Waals surface area contributed by atoms with Crippen molar-refractivity contribution in [2.45, 2.75) is 32.9 Å². The number of carbonyl (C=O) groups is 5. The minimum absolute atomic E-state index is 0.0186. The molecule has 14 nitrogen and oxygen atoms in total. The number of amides is 4. The minimum atomic E-state index is -1.21. The first-order valence-electron chi connectivity index (χ1n) is 13.3. The highest BCUT2D eigenvalue weighted by atomic mass is 16.4. The van der Waals surface area contributed by atoms with Crippen molar-refractivity contribution in [1.82, 2.24) is 30.2 Å². The van der Waals surface area contributed by atoms with Crippen LogP contribution in [0.1, 0.15) is 30.9 Å². The quantitative estimate of drug-likeness (QED) is 0.266. The molecule has 1 aliphatic heterocycles. The molecule has 4 amide bonds. The first-order valence-corrected chi connectivity index (χ1v) is 13.3. The largest absolute Gasteiger partial charge is 0.480 e. The smallest absolute Gasteiger partial charge is 0.407 e. The molecule has 40 heavy (non-hydrogen) atoms. The monoisotopic (exact) mass is 564 g/mol. The Hall–Kier alpha value is -3.91. The fourth-order valence-corrected chi connectivity index (χ4v) is 4.21. The highest BCUT2D eigenvalue weighted by Gasteiger charge is 2.22. The van der Waals surface area contributed by atoms with Gasteiger partial charge in [0.15, 0.2) is 0 Å². The third kappa shape index (κ3) is 12.3. The summed E-state index contributed by atoms with van der Waals surface area (Å²) in [5, 5.41) is 34.0. The lowest BCUT2D eigenvalue weighted by molar-refractivity contribution is -0.138. The van der Waals surface area contributed by atoms with Gasteiger partial charge in [-0.2, -0.15) is 0 Å². The van der Waals surface area contributed by atoms with E-state index in [4.69, 9.17) is 0 Å². The predicted octanol–water partition coefficient (Wildman–Crippen LogP) is 0.381. The third-order valence-corrected chi connectivity index (χ3v) is 6.46. The number of nitrogens with zero attached hydrogens (tertiary/aromatic N) is 4. The van der Waals surface area contributed by atoms with Gasteiger partial charge in [0.05, 0.1) is 13.1 Å². The van der Waals surface area contributed by atoms with Crippen LogP contribution in [0.3, 0.4) is 0 Å². The van der Waals surface area contributed by atoms with Crippen LogP contribution in [0.4, 0.5) is 9.59 Å². The number of hydrogen-bond acceptors (Lipinski definition) is 7. The third-order valence-electron chi connectivity index (χ3n) is 6.46. The van der Waals surface area contributed by atoms with Gasteiger partial charge in [-0.25, -0.2) is 9.59 Å². The topological polar surface area (TPSA) is 183 Å². The molecule has 0 saturated carbocycles. The molecule has 0 aromatic heterocycles. The molecular formula is C26H40N6O8. The first kappa shape index (κ1) is 32.3. The van der Waals surface area contributed by atoms with Gasteiger partial charge in [-0.15, -0.1) is 0 Å². The van der Waals surface area contributed by atoms with E-state index in [0.717, 1.165) is 27.3 Å². The van der Waals surface area contributed by atoms with Crippen LogP contribution in [-0.4, -0.2) is 130 Å². The van der Waals surface area contributed by atoms with E-state index in [1.54, 1.807) is 9.80 Å². The Kier molecular flexibility index (Phi) is 13.7. The second kappa shape index (κ2) is 16.9. The summed E-state index contributed by atoms with van der Waals surface area (Å²) in [4.78, 5) is 64.7. The molecule has 0 aliphatic carbocycles. The predicted molar refractivity (Wildman–Crippen MR) is 145 cm³/mol. The Balaban J connectivity index is 2.01. The van der Waals surface area contributed by atoms with Gasteiger partial charge < -0.3 is 35.8 Å². The van der Waals surface area contributed by atoms with Gasteiger partial charge in [0, 0.05) is 71.9 Å². The molecule has 1 saturated heterocycles. The summed E-state index contributed by atoms with van der Waals surface area (Å²) in [6, 6.07) is 7.50. The molecule has 1 aromatic carbocycles.